The molecule has 1 aliphatic heterocycles. The van der Waals surface area contributed by atoms with E-state index in [0.717, 1.165) is 22.3 Å². The van der Waals surface area contributed by atoms with Crippen LogP contribution in [0.4, 0.5) is 0 Å². The van der Waals surface area contributed by atoms with E-state index in [1.165, 1.54) is 7.11 Å². The molecule has 11 heteroatoms. The van der Waals surface area contributed by atoms with E-state index >= 15 is 0 Å². The Labute approximate surface area is 359 Å². The van der Waals surface area contributed by atoms with E-state index in [4.69, 9.17) is 42.3 Å². The molecule has 0 amide bonds. The second kappa shape index (κ2) is 20.8. The Balaban J connectivity index is 1.22. The largest absolute Gasteiger partial charge is 0.497 e. The van der Waals surface area contributed by atoms with Gasteiger partial charge in [-0.3, -0.25) is 0 Å². The first-order valence-corrected chi connectivity index (χ1v) is 20.3. The second-order valence-electron chi connectivity index (χ2n) is 14.6. The van der Waals surface area contributed by atoms with E-state index in [1.54, 1.807) is 48.5 Å². The van der Waals surface area contributed by atoms with E-state index in [-0.39, 0.29) is 43.3 Å². The van der Waals surface area contributed by atoms with Crippen LogP contribution in [0, 0.1) is 0 Å². The van der Waals surface area contributed by atoms with Crippen LogP contribution in [0.5, 0.6) is 17.2 Å². The van der Waals surface area contributed by atoms with Gasteiger partial charge in [0.15, 0.2) is 5.75 Å². The van der Waals surface area contributed by atoms with Gasteiger partial charge in [0.2, 0.25) is 6.29 Å². The fourth-order valence-corrected chi connectivity index (χ4v) is 7.15. The molecule has 0 radical (unpaired) electrons. The van der Waals surface area contributed by atoms with Crippen LogP contribution in [0.1, 0.15) is 32.6 Å². The molecule has 1 aromatic heterocycles. The minimum Gasteiger partial charge on any atom is -0.497 e. The van der Waals surface area contributed by atoms with Crippen molar-refractivity contribution in [2.75, 3.05) is 13.7 Å². The lowest BCUT2D eigenvalue weighted by Gasteiger charge is -2.45. The van der Waals surface area contributed by atoms with Crippen molar-refractivity contribution in [2.24, 2.45) is 0 Å². The van der Waals surface area contributed by atoms with Gasteiger partial charge in [0.25, 0.3) is 5.75 Å². The zero-order valence-electron chi connectivity index (χ0n) is 34.1. The number of ether oxygens (including phenoxy) is 8. The molecule has 7 aromatic rings. The van der Waals surface area contributed by atoms with Crippen molar-refractivity contribution in [3.8, 4) is 17.2 Å². The topological polar surface area (TPSA) is 121 Å². The third kappa shape index (κ3) is 10.6. The number of hydrogen-bond acceptors (Lipinski definition) is 11. The van der Waals surface area contributed by atoms with Crippen LogP contribution in [0.2, 0.25) is 0 Å². The zero-order valence-corrected chi connectivity index (χ0v) is 34.1. The average molecular weight is 835 g/mol. The molecule has 0 aliphatic carbocycles. The number of carbonyl (C=O) groups is 1. The molecule has 8 rings (SSSR count). The molecule has 5 atom stereocenters. The van der Waals surface area contributed by atoms with Gasteiger partial charge < -0.3 is 42.3 Å². The summed E-state index contributed by atoms with van der Waals surface area (Å²) in [6, 6.07) is 52.3. The highest BCUT2D eigenvalue weighted by atomic mass is 16.7. The average Bonchev–Trinajstić information content (AvgIpc) is 3.32. The first-order valence-electron chi connectivity index (χ1n) is 20.3. The third-order valence-corrected chi connectivity index (χ3v) is 10.3. The Bertz CT molecular complexity index is 2530. The van der Waals surface area contributed by atoms with Crippen LogP contribution in [0.25, 0.3) is 11.0 Å². The highest BCUT2D eigenvalue weighted by Crippen LogP contribution is 2.39. The lowest BCUT2D eigenvalue weighted by molar-refractivity contribution is -0.310. The monoisotopic (exact) mass is 834 g/mol. The van der Waals surface area contributed by atoms with Crippen LogP contribution < -0.4 is 19.8 Å². The Morgan fingerprint density at radius 2 is 1.06 bits per heavy atom. The fourth-order valence-electron chi connectivity index (χ4n) is 7.15. The van der Waals surface area contributed by atoms with Gasteiger partial charge in [0.05, 0.1) is 51.1 Å². The molecule has 0 saturated carbocycles. The minimum atomic E-state index is -1.29. The highest BCUT2D eigenvalue weighted by Gasteiger charge is 2.50. The predicted molar refractivity (Wildman–Crippen MR) is 231 cm³/mol. The van der Waals surface area contributed by atoms with Crippen LogP contribution in [0.15, 0.2) is 179 Å². The van der Waals surface area contributed by atoms with Crippen molar-refractivity contribution in [1.29, 1.82) is 0 Å². The summed E-state index contributed by atoms with van der Waals surface area (Å²) in [5.74, 6) is -0.927. The smallest absolute Gasteiger partial charge is 0.383 e. The number of benzene rings is 6. The van der Waals surface area contributed by atoms with Crippen LogP contribution >= 0.6 is 0 Å². The fraction of sp³-hybridized carbons (Fsp3) is 0.216. The summed E-state index contributed by atoms with van der Waals surface area (Å²) in [5, 5.41) is 0.313. The minimum absolute atomic E-state index is 0.0650. The molecule has 1 saturated heterocycles. The standard InChI is InChI=1S/C51H46O11/c1-54-40-27-28-41-42(29-40)59-50(53)47(61-49(52)39-25-15-6-16-26-39)44(41)62-51-48(58-33-38-23-13-5-14-24-38)46(57-32-37-21-11-4-12-22-37)45(56-31-36-19-9-3-10-20-36)43(60-51)34-55-30-35-17-7-2-8-18-35/h2-29,43,45-46,48,51H,30-34H2,1H3/t43-,45+,46+,48-,51+/m1/s1. The molecule has 0 N–H and O–H groups in total. The van der Waals surface area contributed by atoms with Gasteiger partial charge in [-0.1, -0.05) is 140 Å². The van der Waals surface area contributed by atoms with Crippen molar-refractivity contribution < 1.29 is 47.1 Å². The molecule has 0 spiro atoms. The van der Waals surface area contributed by atoms with E-state index in [2.05, 4.69) is 0 Å². The Kier molecular flexibility index (Phi) is 14.1. The second-order valence-corrected chi connectivity index (χ2v) is 14.6. The first-order chi connectivity index (χ1) is 30.5. The maximum Gasteiger partial charge on any atom is 0.383 e. The number of carbonyl (C=O) groups excluding carboxylic acids is 1. The van der Waals surface area contributed by atoms with Gasteiger partial charge >= 0.3 is 11.6 Å². The van der Waals surface area contributed by atoms with Gasteiger partial charge in [0.1, 0.15) is 35.7 Å². The molecule has 1 aliphatic rings. The molecular formula is C51H46O11. The van der Waals surface area contributed by atoms with Gasteiger partial charge in [-0.2, -0.15) is 0 Å². The third-order valence-electron chi connectivity index (χ3n) is 10.3. The van der Waals surface area contributed by atoms with Crippen LogP contribution in [-0.2, 0) is 50.1 Å². The number of fused-ring (bicyclic) bond motifs is 1. The molecule has 0 unspecified atom stereocenters. The van der Waals surface area contributed by atoms with Crippen molar-refractivity contribution in [2.45, 2.75) is 57.1 Å². The van der Waals surface area contributed by atoms with Gasteiger partial charge in [-0.05, 0) is 46.5 Å². The highest BCUT2D eigenvalue weighted by molar-refractivity contribution is 5.93. The van der Waals surface area contributed by atoms with E-state index in [9.17, 15) is 9.59 Å². The summed E-state index contributed by atoms with van der Waals surface area (Å²) in [7, 11) is 1.50. The molecule has 62 heavy (non-hydrogen) atoms. The Morgan fingerprint density at radius 3 is 1.61 bits per heavy atom. The van der Waals surface area contributed by atoms with Gasteiger partial charge in [-0.25, -0.2) is 9.59 Å². The predicted octanol–water partition coefficient (Wildman–Crippen LogP) is 9.10. The van der Waals surface area contributed by atoms with Crippen molar-refractivity contribution in [3.05, 3.63) is 208 Å². The summed E-state index contributed by atoms with van der Waals surface area (Å²) in [6.45, 7) is 0.940. The SMILES string of the molecule is COc1ccc2c(O[C@@H]3O[C@H](COCc4ccccc4)[C@H](OCc4ccccc4)[C@H](OCc4ccccc4)[C@H]3OCc3ccccc3)c(OC(=O)c3ccccc3)c(=O)oc2c1. The molecule has 11 nitrogen and oxygen atoms in total. The summed E-state index contributed by atoms with van der Waals surface area (Å²) >= 11 is 0. The lowest BCUT2D eigenvalue weighted by atomic mass is 9.97. The maximum absolute atomic E-state index is 13.9. The first kappa shape index (κ1) is 42.1. The van der Waals surface area contributed by atoms with E-state index in [0.29, 0.717) is 17.7 Å². The van der Waals surface area contributed by atoms with Gasteiger partial charge in [-0.15, -0.1) is 0 Å². The lowest BCUT2D eigenvalue weighted by Crippen LogP contribution is -2.62. The summed E-state index contributed by atoms with van der Waals surface area (Å²) in [6.07, 6.45) is -4.68. The normalized spacial score (nSPS) is 18.6. The summed E-state index contributed by atoms with van der Waals surface area (Å²) in [4.78, 5) is 27.5. The maximum atomic E-state index is 13.9. The van der Waals surface area contributed by atoms with E-state index in [1.807, 2.05) is 121 Å². The molecule has 0 bridgehead atoms. The van der Waals surface area contributed by atoms with Crippen molar-refractivity contribution >= 4 is 16.9 Å². The molecule has 2 heterocycles. The van der Waals surface area contributed by atoms with Crippen LogP contribution in [0.3, 0.4) is 0 Å². The molecule has 316 valence electrons. The van der Waals surface area contributed by atoms with Crippen molar-refractivity contribution in [3.63, 3.8) is 0 Å². The summed E-state index contributed by atoms with van der Waals surface area (Å²) in [5.41, 5.74) is 3.12. The van der Waals surface area contributed by atoms with Crippen molar-refractivity contribution in [1.82, 2.24) is 0 Å². The number of hydrogen-bond donors (Lipinski definition) is 0. The van der Waals surface area contributed by atoms with E-state index < -0.39 is 48.1 Å². The Morgan fingerprint density at radius 1 is 0.565 bits per heavy atom. The molecule has 6 aromatic carbocycles. The number of rotatable bonds is 18. The Hall–Kier alpha value is -6.60. The number of esters is 1. The zero-order chi connectivity index (χ0) is 42.5. The molecular weight excluding hydrogens is 789 g/mol. The summed E-state index contributed by atoms with van der Waals surface area (Å²) < 4.78 is 57.6. The van der Waals surface area contributed by atoms with Gasteiger partial charge in [0, 0.05) is 6.07 Å². The molecule has 1 fully saturated rings. The van der Waals surface area contributed by atoms with Crippen LogP contribution in [-0.4, -0.2) is 50.4 Å². The number of methoxy groups -OCH3 is 1. The quantitative estimate of drug-likeness (QED) is 0.0608.